The maximum atomic E-state index is 11.9. The minimum absolute atomic E-state index is 0.166. The van der Waals surface area contributed by atoms with E-state index in [1.807, 2.05) is 0 Å². The predicted octanol–water partition coefficient (Wildman–Crippen LogP) is 1.60. The van der Waals surface area contributed by atoms with Gasteiger partial charge in [0.15, 0.2) is 5.82 Å². The van der Waals surface area contributed by atoms with Crippen molar-refractivity contribution in [2.24, 2.45) is 4.99 Å². The average Bonchev–Trinajstić information content (AvgIpc) is 2.82. The van der Waals surface area contributed by atoms with Gasteiger partial charge in [0, 0.05) is 19.0 Å². The van der Waals surface area contributed by atoms with E-state index in [9.17, 15) is 9.59 Å². The number of allylic oxidation sites excluding steroid dienone is 1. The van der Waals surface area contributed by atoms with Gasteiger partial charge in [-0.25, -0.2) is 9.89 Å². The number of hydrogen-bond acceptors (Lipinski definition) is 6. The number of pyridine rings is 1. The van der Waals surface area contributed by atoms with E-state index in [1.165, 1.54) is 0 Å². The summed E-state index contributed by atoms with van der Waals surface area (Å²) in [4.78, 5) is 33.8. The molecular formula is C14H8N3O2S2. The van der Waals surface area contributed by atoms with Crippen LogP contribution in [0.1, 0.15) is 18.5 Å². The molecule has 3 heterocycles. The average molecular weight is 314 g/mol. The summed E-state index contributed by atoms with van der Waals surface area (Å²) in [5.41, 5.74) is 0.954. The number of carbonyl (C=O) groups is 2. The molecule has 0 spiro atoms. The van der Waals surface area contributed by atoms with Crippen LogP contribution in [0.15, 0.2) is 35.2 Å². The van der Waals surface area contributed by atoms with Crippen molar-refractivity contribution in [2.75, 3.05) is 0 Å². The van der Waals surface area contributed by atoms with Crippen LogP contribution in [0.2, 0.25) is 0 Å². The van der Waals surface area contributed by atoms with E-state index >= 15 is 0 Å². The third-order valence-electron chi connectivity index (χ3n) is 3.10. The van der Waals surface area contributed by atoms with Gasteiger partial charge in [-0.3, -0.25) is 14.6 Å². The smallest absolute Gasteiger partial charge is 0.235 e. The molecule has 0 aromatic carbocycles. The van der Waals surface area contributed by atoms with Crippen LogP contribution in [-0.4, -0.2) is 37.6 Å². The molecule has 2 aliphatic heterocycles. The van der Waals surface area contributed by atoms with Crippen LogP contribution in [0.4, 0.5) is 0 Å². The first-order chi connectivity index (χ1) is 10.1. The summed E-state index contributed by atoms with van der Waals surface area (Å²) in [6.45, 7) is 0. The second-order valence-corrected chi connectivity index (χ2v) is 5.23. The maximum absolute atomic E-state index is 11.9. The highest BCUT2D eigenvalue weighted by Gasteiger charge is 2.36. The summed E-state index contributed by atoms with van der Waals surface area (Å²) in [5, 5.41) is 0. The second-order valence-electron chi connectivity index (χ2n) is 4.42. The highest BCUT2D eigenvalue weighted by molar-refractivity contribution is 7.91. The third kappa shape index (κ3) is 2.34. The van der Waals surface area contributed by atoms with Crippen molar-refractivity contribution in [2.45, 2.75) is 12.8 Å². The molecule has 2 aliphatic rings. The van der Waals surface area contributed by atoms with Gasteiger partial charge in [-0.15, -0.1) is 0 Å². The van der Waals surface area contributed by atoms with Crippen molar-refractivity contribution < 1.29 is 9.59 Å². The number of amides is 2. The molecule has 1 aromatic rings. The first-order valence-corrected chi connectivity index (χ1v) is 6.98. The van der Waals surface area contributed by atoms with Crippen molar-refractivity contribution in [3.63, 3.8) is 0 Å². The minimum Gasteiger partial charge on any atom is -0.274 e. The standard InChI is InChI=1S/C14H8N3O2S2/c18-10-4-5-11(19)17(10)14-12(8-3-1-2-6-15-8)13(21)9(20)7-16-14/h1-3,6H,4-5H2. The molecule has 0 aliphatic carbocycles. The Morgan fingerprint density at radius 2 is 1.86 bits per heavy atom. The van der Waals surface area contributed by atoms with Crippen LogP contribution < -0.4 is 0 Å². The molecule has 0 unspecified atom stereocenters. The second kappa shape index (κ2) is 5.34. The Morgan fingerprint density at radius 3 is 2.48 bits per heavy atom. The topological polar surface area (TPSA) is 62.6 Å². The largest absolute Gasteiger partial charge is 0.274 e. The number of aliphatic imine (C=N–C) groups is 1. The Kier molecular flexibility index (Phi) is 3.52. The first kappa shape index (κ1) is 13.8. The molecule has 0 N–H and O–H groups in total. The number of hydrogen-bond donors (Lipinski definition) is 0. The molecule has 103 valence electrons. The molecule has 1 saturated heterocycles. The molecule has 3 rings (SSSR count). The van der Waals surface area contributed by atoms with Crippen LogP contribution in [0.3, 0.4) is 0 Å². The van der Waals surface area contributed by atoms with E-state index in [4.69, 9.17) is 24.4 Å². The predicted molar refractivity (Wildman–Crippen MR) is 84.9 cm³/mol. The molecule has 5 nitrogen and oxygen atoms in total. The molecule has 7 heteroatoms. The Hall–Kier alpha value is -2.12. The van der Waals surface area contributed by atoms with Crippen molar-refractivity contribution in [3.05, 3.63) is 35.9 Å². The fraction of sp³-hybridized carbons (Fsp3) is 0.143. The van der Waals surface area contributed by atoms with E-state index in [0.29, 0.717) is 16.1 Å². The van der Waals surface area contributed by atoms with Crippen LogP contribution in [0.5, 0.6) is 0 Å². The van der Waals surface area contributed by atoms with E-state index in [0.717, 1.165) is 4.90 Å². The van der Waals surface area contributed by atoms with Crippen LogP contribution in [0.25, 0.3) is 5.57 Å². The Morgan fingerprint density at radius 1 is 1.14 bits per heavy atom. The number of carbonyl (C=O) groups excluding carboxylic acids is 2. The molecule has 1 fully saturated rings. The maximum Gasteiger partial charge on any atom is 0.235 e. The molecule has 1 radical (unpaired) electrons. The molecule has 1 aromatic heterocycles. The Labute approximate surface area is 131 Å². The highest BCUT2D eigenvalue weighted by atomic mass is 32.1. The Balaban J connectivity index is 2.21. The highest BCUT2D eigenvalue weighted by Crippen LogP contribution is 2.29. The monoisotopic (exact) mass is 314 g/mol. The number of nitrogens with zero attached hydrogens (tertiary/aromatic N) is 3. The van der Waals surface area contributed by atoms with Gasteiger partial charge in [0.2, 0.25) is 11.8 Å². The van der Waals surface area contributed by atoms with E-state index in [-0.39, 0.29) is 35.3 Å². The van der Waals surface area contributed by atoms with Crippen LogP contribution >= 0.6 is 24.4 Å². The lowest BCUT2D eigenvalue weighted by Crippen LogP contribution is -2.32. The van der Waals surface area contributed by atoms with Gasteiger partial charge in [-0.2, -0.15) is 0 Å². The van der Waals surface area contributed by atoms with Crippen molar-refractivity contribution in [1.82, 2.24) is 9.88 Å². The van der Waals surface area contributed by atoms with Crippen LogP contribution in [-0.2, 0) is 9.59 Å². The van der Waals surface area contributed by atoms with Gasteiger partial charge >= 0.3 is 0 Å². The SMILES string of the molecule is O=C1CCC(=O)N1C1=C(c2ccccn2)C(=S)C(=S)[C]=N1. The summed E-state index contributed by atoms with van der Waals surface area (Å²) in [6, 6.07) is 5.28. The number of thiocarbonyl (C=S) groups is 2. The molecule has 0 saturated carbocycles. The number of rotatable bonds is 2. The fourth-order valence-corrected chi connectivity index (χ4v) is 2.53. The molecule has 0 atom stereocenters. The van der Waals surface area contributed by atoms with Crippen LogP contribution in [0, 0.1) is 0 Å². The zero-order chi connectivity index (χ0) is 15.0. The van der Waals surface area contributed by atoms with Crippen molar-refractivity contribution >= 4 is 57.8 Å². The molecule has 21 heavy (non-hydrogen) atoms. The summed E-state index contributed by atoms with van der Waals surface area (Å²) < 4.78 is 0. The molecule has 2 amide bonds. The zero-order valence-corrected chi connectivity index (χ0v) is 12.3. The van der Waals surface area contributed by atoms with Gasteiger partial charge < -0.3 is 0 Å². The summed E-state index contributed by atoms with van der Waals surface area (Å²) in [5.74, 6) is -0.436. The van der Waals surface area contributed by atoms with Gasteiger partial charge in [0.25, 0.3) is 0 Å². The summed E-state index contributed by atoms with van der Waals surface area (Å²) >= 11 is 10.4. The summed E-state index contributed by atoms with van der Waals surface area (Å²) in [6.07, 6.45) is 4.52. The minimum atomic E-state index is -0.301. The number of imide groups is 1. The third-order valence-corrected chi connectivity index (χ3v) is 3.94. The first-order valence-electron chi connectivity index (χ1n) is 6.16. The number of aromatic nitrogens is 1. The van der Waals surface area contributed by atoms with Crippen molar-refractivity contribution in [3.8, 4) is 0 Å². The van der Waals surface area contributed by atoms with E-state index in [1.54, 1.807) is 24.4 Å². The fourth-order valence-electron chi connectivity index (χ4n) is 2.14. The summed E-state index contributed by atoms with van der Waals surface area (Å²) in [7, 11) is 0. The van der Waals surface area contributed by atoms with Gasteiger partial charge in [-0.05, 0) is 12.1 Å². The lowest BCUT2D eigenvalue weighted by Gasteiger charge is -2.21. The van der Waals surface area contributed by atoms with E-state index < -0.39 is 0 Å². The number of likely N-dealkylation sites (tertiary alicyclic amines) is 1. The van der Waals surface area contributed by atoms with Gasteiger partial charge in [0.1, 0.15) is 6.21 Å². The van der Waals surface area contributed by atoms with E-state index in [2.05, 4.69) is 16.2 Å². The lowest BCUT2D eigenvalue weighted by atomic mass is 10.0. The lowest BCUT2D eigenvalue weighted by molar-refractivity contribution is -0.135. The quantitative estimate of drug-likeness (QED) is 0.613. The molecular weight excluding hydrogens is 306 g/mol. The van der Waals surface area contributed by atoms with Gasteiger partial charge in [0.05, 0.1) is 21.0 Å². The molecule has 0 bridgehead atoms. The van der Waals surface area contributed by atoms with Gasteiger partial charge in [-0.1, -0.05) is 30.5 Å². The van der Waals surface area contributed by atoms with Crippen molar-refractivity contribution in [1.29, 1.82) is 0 Å². The zero-order valence-electron chi connectivity index (χ0n) is 10.7. The normalized spacial score (nSPS) is 19.0. The Bertz CT molecular complexity index is 722.